The standard InChI is InChI=1S/C36H50O5/c1-19(2)17-41-28(38)13-12-25-14-26(20(3)4)27-16-34(9)18-35(10)15-21(5)29(24(8)37)33(40)36(35,11)23(7)31(34)32(39)30(27)22(25)6/h14,19-20,23,31H,12-13,15-18H2,1-11H3. The molecule has 0 bridgehead atoms. The van der Waals surface area contributed by atoms with Crippen LogP contribution in [0, 0.1) is 40.9 Å². The SMILES string of the molecule is CC(=O)C1=C(C)CC2(C)CC3(C)Cc4c(C(C)C)cc(CCC(=O)OCC(C)C)c(C)c4C(=O)C3C(C)C2(C)C1=O. The van der Waals surface area contributed by atoms with E-state index >= 15 is 0 Å². The molecule has 1 aromatic carbocycles. The van der Waals surface area contributed by atoms with Crippen molar-refractivity contribution >= 4 is 23.3 Å². The first-order valence-electron chi connectivity index (χ1n) is 15.5. The average Bonchev–Trinajstić information content (AvgIpc) is 2.83. The van der Waals surface area contributed by atoms with Gasteiger partial charge in [-0.15, -0.1) is 0 Å². The first-order valence-corrected chi connectivity index (χ1v) is 15.5. The molecule has 0 aliphatic heterocycles. The molecule has 5 atom stereocenters. The highest BCUT2D eigenvalue weighted by Gasteiger charge is 2.67. The van der Waals surface area contributed by atoms with Gasteiger partial charge in [-0.1, -0.05) is 67.0 Å². The Morgan fingerprint density at radius 1 is 1.05 bits per heavy atom. The molecule has 1 saturated carbocycles. The van der Waals surface area contributed by atoms with E-state index < -0.39 is 5.41 Å². The molecule has 0 saturated heterocycles. The minimum Gasteiger partial charge on any atom is -0.465 e. The van der Waals surface area contributed by atoms with Crippen LogP contribution in [0.15, 0.2) is 17.2 Å². The normalized spacial score (nSPS) is 31.2. The molecule has 0 N–H and O–H groups in total. The van der Waals surface area contributed by atoms with Crippen molar-refractivity contribution in [3.8, 4) is 0 Å². The van der Waals surface area contributed by atoms with Crippen LogP contribution < -0.4 is 0 Å². The number of fused-ring (bicyclic) bond motifs is 3. The van der Waals surface area contributed by atoms with E-state index in [9.17, 15) is 19.2 Å². The van der Waals surface area contributed by atoms with Gasteiger partial charge < -0.3 is 4.74 Å². The highest BCUT2D eigenvalue weighted by molar-refractivity contribution is 6.23. The first-order chi connectivity index (χ1) is 18.9. The minimum atomic E-state index is -0.808. The number of ether oxygens (including phenoxy) is 1. The molecule has 0 amide bonds. The zero-order valence-corrected chi connectivity index (χ0v) is 27.2. The maximum absolute atomic E-state index is 14.8. The van der Waals surface area contributed by atoms with Gasteiger partial charge in [-0.25, -0.2) is 0 Å². The molecule has 3 aliphatic rings. The summed E-state index contributed by atoms with van der Waals surface area (Å²) in [6.45, 7) is 22.8. The van der Waals surface area contributed by atoms with Gasteiger partial charge in [-0.05, 0) is 97.3 Å². The lowest BCUT2D eigenvalue weighted by molar-refractivity contribution is -0.159. The van der Waals surface area contributed by atoms with Gasteiger partial charge in [0.05, 0.1) is 12.2 Å². The molecule has 5 heteroatoms. The fourth-order valence-electron chi connectivity index (χ4n) is 9.04. The van der Waals surface area contributed by atoms with E-state index in [0.717, 1.165) is 40.7 Å². The number of esters is 1. The summed E-state index contributed by atoms with van der Waals surface area (Å²) in [5, 5.41) is 0. The van der Waals surface area contributed by atoms with Crippen molar-refractivity contribution in [2.45, 2.75) is 114 Å². The Kier molecular flexibility index (Phi) is 8.12. The average molecular weight is 563 g/mol. The quantitative estimate of drug-likeness (QED) is 0.253. The van der Waals surface area contributed by atoms with Crippen molar-refractivity contribution < 1.29 is 23.9 Å². The van der Waals surface area contributed by atoms with Crippen molar-refractivity contribution in [2.24, 2.45) is 34.0 Å². The van der Waals surface area contributed by atoms with Gasteiger partial charge >= 0.3 is 5.97 Å². The monoisotopic (exact) mass is 562 g/mol. The van der Waals surface area contributed by atoms with Crippen molar-refractivity contribution in [1.82, 2.24) is 0 Å². The number of rotatable bonds is 7. The Morgan fingerprint density at radius 2 is 1.68 bits per heavy atom. The van der Waals surface area contributed by atoms with Gasteiger partial charge in [0, 0.05) is 23.3 Å². The molecule has 0 spiro atoms. The fraction of sp³-hybridized carbons (Fsp3) is 0.667. The smallest absolute Gasteiger partial charge is 0.306 e. The number of ketones is 3. The lowest BCUT2D eigenvalue weighted by Crippen LogP contribution is -2.64. The van der Waals surface area contributed by atoms with Crippen molar-refractivity contribution in [3.63, 3.8) is 0 Å². The molecule has 3 aliphatic carbocycles. The number of hydrogen-bond acceptors (Lipinski definition) is 5. The summed E-state index contributed by atoms with van der Waals surface area (Å²) in [6.07, 6.45) is 3.04. The maximum Gasteiger partial charge on any atom is 0.306 e. The Morgan fingerprint density at radius 3 is 2.24 bits per heavy atom. The topological polar surface area (TPSA) is 77.5 Å². The second-order valence-corrected chi connectivity index (χ2v) is 15.0. The highest BCUT2D eigenvalue weighted by atomic mass is 16.5. The summed E-state index contributed by atoms with van der Waals surface area (Å²) in [5.74, 6) is -0.390. The van der Waals surface area contributed by atoms with Gasteiger partial charge in [0.15, 0.2) is 17.3 Å². The fourth-order valence-corrected chi connectivity index (χ4v) is 9.04. The molecule has 4 rings (SSSR count). The number of aryl methyl sites for hydroxylation is 1. The molecule has 1 fully saturated rings. The minimum absolute atomic E-state index is 0.0855. The van der Waals surface area contributed by atoms with E-state index in [1.807, 2.05) is 34.6 Å². The zero-order valence-electron chi connectivity index (χ0n) is 27.2. The molecule has 5 nitrogen and oxygen atoms in total. The molecule has 0 heterocycles. The van der Waals surface area contributed by atoms with Crippen molar-refractivity contribution in [2.75, 3.05) is 6.61 Å². The second-order valence-electron chi connectivity index (χ2n) is 15.0. The predicted octanol–water partition coefficient (Wildman–Crippen LogP) is 7.54. The van der Waals surface area contributed by atoms with Crippen LogP contribution in [0.3, 0.4) is 0 Å². The summed E-state index contributed by atoms with van der Waals surface area (Å²) >= 11 is 0. The van der Waals surface area contributed by atoms with Gasteiger partial charge in [0.2, 0.25) is 0 Å². The van der Waals surface area contributed by atoms with Crippen LogP contribution in [0.25, 0.3) is 0 Å². The molecule has 224 valence electrons. The molecular weight excluding hydrogens is 512 g/mol. The number of hydrogen-bond donors (Lipinski definition) is 0. The maximum atomic E-state index is 14.8. The van der Waals surface area contributed by atoms with Crippen LogP contribution in [0.5, 0.6) is 0 Å². The van der Waals surface area contributed by atoms with Crippen molar-refractivity contribution in [1.29, 1.82) is 0 Å². The van der Waals surface area contributed by atoms with Crippen LogP contribution in [0.4, 0.5) is 0 Å². The van der Waals surface area contributed by atoms with E-state index in [1.54, 1.807) is 0 Å². The molecule has 5 unspecified atom stereocenters. The van der Waals surface area contributed by atoms with E-state index in [2.05, 4.69) is 40.7 Å². The van der Waals surface area contributed by atoms with Crippen LogP contribution >= 0.6 is 0 Å². The summed E-state index contributed by atoms with van der Waals surface area (Å²) < 4.78 is 5.42. The Balaban J connectivity index is 1.81. The predicted molar refractivity (Wildman–Crippen MR) is 162 cm³/mol. The Bertz CT molecular complexity index is 1350. The Hall–Kier alpha value is -2.56. The van der Waals surface area contributed by atoms with E-state index in [4.69, 9.17) is 4.74 Å². The summed E-state index contributed by atoms with van der Waals surface area (Å²) in [6, 6.07) is 2.22. The summed E-state index contributed by atoms with van der Waals surface area (Å²) in [5.41, 5.74) is 4.87. The van der Waals surface area contributed by atoms with Gasteiger partial charge in [0.25, 0.3) is 0 Å². The number of benzene rings is 1. The summed E-state index contributed by atoms with van der Waals surface area (Å²) in [7, 11) is 0. The third-order valence-corrected chi connectivity index (χ3v) is 11.1. The summed E-state index contributed by atoms with van der Waals surface area (Å²) in [4.78, 5) is 54.0. The number of carbonyl (C=O) groups is 4. The Labute approximate surface area is 246 Å². The molecule has 0 aromatic heterocycles. The van der Waals surface area contributed by atoms with Gasteiger partial charge in [-0.3, -0.25) is 19.2 Å². The van der Waals surface area contributed by atoms with E-state index in [1.165, 1.54) is 12.5 Å². The zero-order chi connectivity index (χ0) is 30.8. The van der Waals surface area contributed by atoms with Gasteiger partial charge in [-0.2, -0.15) is 0 Å². The van der Waals surface area contributed by atoms with Crippen molar-refractivity contribution in [3.05, 3.63) is 45.0 Å². The molecule has 1 aromatic rings. The third-order valence-electron chi connectivity index (χ3n) is 11.1. The lowest BCUT2D eigenvalue weighted by atomic mass is 9.37. The third kappa shape index (κ3) is 4.85. The van der Waals surface area contributed by atoms with Gasteiger partial charge in [0.1, 0.15) is 0 Å². The van der Waals surface area contributed by atoms with Crippen LogP contribution in [-0.2, 0) is 32.0 Å². The van der Waals surface area contributed by atoms with E-state index in [-0.39, 0.29) is 64.2 Å². The first kappa shape index (κ1) is 31.4. The number of carbonyl (C=O) groups excluding carboxylic acids is 4. The molecule has 0 radical (unpaired) electrons. The van der Waals surface area contributed by atoms with E-state index in [0.29, 0.717) is 25.0 Å². The van der Waals surface area contributed by atoms with Crippen LogP contribution in [-0.4, -0.2) is 29.9 Å². The van der Waals surface area contributed by atoms with Crippen LogP contribution in [0.2, 0.25) is 0 Å². The number of allylic oxidation sites excluding steroid dienone is 2. The lowest BCUT2D eigenvalue weighted by Gasteiger charge is -2.64. The highest BCUT2D eigenvalue weighted by Crippen LogP contribution is 2.68. The largest absolute Gasteiger partial charge is 0.465 e. The molecule has 41 heavy (non-hydrogen) atoms. The molecular formula is C36H50O5. The second kappa shape index (κ2) is 10.6. The number of Topliss-reactive ketones (excluding diaryl/α,β-unsaturated/α-hetero) is 3. The van der Waals surface area contributed by atoms with Crippen LogP contribution in [0.1, 0.15) is 127 Å².